The number of anilines is 1. The summed E-state index contributed by atoms with van der Waals surface area (Å²) in [5, 5.41) is 1.21. The number of para-hydroxylation sites is 1. The van der Waals surface area contributed by atoms with Crippen LogP contribution in [-0.2, 0) is 16.9 Å². The van der Waals surface area contributed by atoms with Crippen LogP contribution in [0.3, 0.4) is 0 Å². The molecule has 0 N–H and O–H groups in total. The molecule has 6 rings (SSSR count). The lowest BCUT2D eigenvalue weighted by Crippen LogP contribution is -2.53. The van der Waals surface area contributed by atoms with Crippen LogP contribution in [0.4, 0.5) is 5.69 Å². The quantitative estimate of drug-likeness (QED) is 0.257. The van der Waals surface area contributed by atoms with E-state index in [1.165, 1.54) is 0 Å². The van der Waals surface area contributed by atoms with Gasteiger partial charge in [-0.05, 0) is 42.4 Å². The number of ketones is 1. The number of amides is 1. The highest BCUT2D eigenvalue weighted by atomic mass is 35.5. The van der Waals surface area contributed by atoms with Crippen molar-refractivity contribution >= 4 is 40.6 Å². The number of likely N-dealkylation sites (N-methyl/N-ethyl adjacent to an activating group) is 1. The van der Waals surface area contributed by atoms with Gasteiger partial charge in [0.1, 0.15) is 5.54 Å². The summed E-state index contributed by atoms with van der Waals surface area (Å²) in [4.78, 5) is 33.1. The number of hydrogen-bond acceptors (Lipinski definition) is 3. The smallest absolute Gasteiger partial charge is 0.253 e. The molecule has 0 unspecified atom stereocenters. The average Bonchev–Trinajstić information content (AvgIpc) is 3.38. The highest BCUT2D eigenvalue weighted by Crippen LogP contribution is 2.57. The fourth-order valence-electron chi connectivity index (χ4n) is 6.35. The number of benzene rings is 4. The summed E-state index contributed by atoms with van der Waals surface area (Å²) in [6.07, 6.45) is 0. The lowest BCUT2D eigenvalue weighted by molar-refractivity contribution is -0.129. The molecule has 4 aromatic carbocycles. The Hall–Kier alpha value is -3.44. The van der Waals surface area contributed by atoms with Crippen molar-refractivity contribution in [2.45, 2.75) is 18.0 Å². The zero-order valence-electron chi connectivity index (χ0n) is 20.9. The third-order valence-electron chi connectivity index (χ3n) is 8.01. The molecule has 0 bridgehead atoms. The average molecular weight is 541 g/mol. The van der Waals surface area contributed by atoms with E-state index in [1.807, 2.05) is 110 Å². The van der Waals surface area contributed by atoms with E-state index < -0.39 is 11.5 Å². The van der Waals surface area contributed by atoms with Gasteiger partial charge >= 0.3 is 0 Å². The van der Waals surface area contributed by atoms with Crippen LogP contribution in [0.1, 0.15) is 33.0 Å². The third kappa shape index (κ3) is 3.79. The highest BCUT2D eigenvalue weighted by Gasteiger charge is 2.66. The molecule has 2 aliphatic heterocycles. The second kappa shape index (κ2) is 9.70. The van der Waals surface area contributed by atoms with Gasteiger partial charge in [0.2, 0.25) is 0 Å². The number of carbonyl (C=O) groups excluding carboxylic acids is 2. The van der Waals surface area contributed by atoms with Gasteiger partial charge in [-0.15, -0.1) is 0 Å². The van der Waals surface area contributed by atoms with Crippen LogP contribution in [0.2, 0.25) is 10.0 Å². The third-order valence-corrected chi connectivity index (χ3v) is 8.61. The van der Waals surface area contributed by atoms with Gasteiger partial charge in [0.25, 0.3) is 5.91 Å². The number of fused-ring (bicyclic) bond motifs is 2. The Bertz CT molecular complexity index is 1540. The first-order valence-corrected chi connectivity index (χ1v) is 13.4. The Morgan fingerprint density at radius 1 is 0.895 bits per heavy atom. The van der Waals surface area contributed by atoms with E-state index in [1.54, 1.807) is 4.90 Å². The molecule has 2 heterocycles. The molecule has 190 valence electrons. The SMILES string of the molecule is CN1C[C@H](c2cccc(Cl)c2)[C@H](C(=O)c2ccccc2)[C@]12C(=O)N(Cc1ccccc1Cl)c1ccccc12. The molecular weight excluding hydrogens is 515 g/mol. The highest BCUT2D eigenvalue weighted by molar-refractivity contribution is 6.31. The van der Waals surface area contributed by atoms with E-state index in [0.717, 1.165) is 22.4 Å². The van der Waals surface area contributed by atoms with Crippen LogP contribution in [0.5, 0.6) is 0 Å². The number of hydrogen-bond donors (Lipinski definition) is 0. The largest absolute Gasteiger partial charge is 0.306 e. The zero-order valence-corrected chi connectivity index (χ0v) is 22.4. The predicted molar refractivity (Wildman–Crippen MR) is 152 cm³/mol. The van der Waals surface area contributed by atoms with Gasteiger partial charge in [0.05, 0.1) is 12.5 Å². The number of rotatable bonds is 5. The molecule has 1 spiro atoms. The summed E-state index contributed by atoms with van der Waals surface area (Å²) in [5.74, 6) is -1.05. The molecule has 0 aliphatic carbocycles. The molecule has 1 saturated heterocycles. The standard InChI is InChI=1S/C32H26Cl2N2O2/c1-35-20-25(22-13-9-14-24(33)18-22)29(30(37)21-10-3-2-4-11-21)32(35)26-15-6-8-17-28(26)36(31(32)38)19-23-12-5-7-16-27(23)34/h2-18,25,29H,19-20H2,1H3/t25-,29-,32-/m1/s1. The molecule has 0 radical (unpaired) electrons. The van der Waals surface area contributed by atoms with E-state index in [2.05, 4.69) is 4.90 Å². The summed E-state index contributed by atoms with van der Waals surface area (Å²) >= 11 is 12.9. The molecule has 2 aliphatic rings. The molecular formula is C32H26Cl2N2O2. The topological polar surface area (TPSA) is 40.6 Å². The monoisotopic (exact) mass is 540 g/mol. The van der Waals surface area contributed by atoms with Crippen molar-refractivity contribution in [1.29, 1.82) is 0 Å². The van der Waals surface area contributed by atoms with Crippen molar-refractivity contribution in [1.82, 2.24) is 4.90 Å². The summed E-state index contributed by atoms with van der Waals surface area (Å²) in [7, 11) is 1.95. The summed E-state index contributed by atoms with van der Waals surface area (Å²) in [6.45, 7) is 0.850. The second-order valence-electron chi connectivity index (χ2n) is 10.0. The minimum Gasteiger partial charge on any atom is -0.306 e. The van der Waals surface area contributed by atoms with E-state index in [4.69, 9.17) is 23.2 Å². The summed E-state index contributed by atoms with van der Waals surface area (Å²) < 4.78 is 0. The molecule has 6 heteroatoms. The van der Waals surface area contributed by atoms with Crippen LogP contribution in [0, 0.1) is 5.92 Å². The maximum absolute atomic E-state index is 14.8. The van der Waals surface area contributed by atoms with Crippen LogP contribution in [-0.4, -0.2) is 30.2 Å². The lowest BCUT2D eigenvalue weighted by atomic mass is 9.70. The van der Waals surface area contributed by atoms with E-state index in [9.17, 15) is 9.59 Å². The van der Waals surface area contributed by atoms with Crippen molar-refractivity contribution in [3.05, 3.63) is 135 Å². The molecule has 0 aromatic heterocycles. The van der Waals surface area contributed by atoms with E-state index in [-0.39, 0.29) is 17.6 Å². The summed E-state index contributed by atoms with van der Waals surface area (Å²) in [5.41, 5.74) is 2.88. The molecule has 1 amide bonds. The zero-order chi connectivity index (χ0) is 26.4. The van der Waals surface area contributed by atoms with E-state index in [0.29, 0.717) is 28.7 Å². The second-order valence-corrected chi connectivity index (χ2v) is 10.9. The molecule has 0 saturated carbocycles. The first-order chi connectivity index (χ1) is 18.4. The fourth-order valence-corrected chi connectivity index (χ4v) is 6.74. The van der Waals surface area contributed by atoms with Crippen molar-refractivity contribution < 1.29 is 9.59 Å². The maximum atomic E-state index is 14.8. The molecule has 4 nitrogen and oxygen atoms in total. The molecule has 3 atom stereocenters. The van der Waals surface area contributed by atoms with Crippen molar-refractivity contribution in [2.75, 3.05) is 18.5 Å². The Morgan fingerprint density at radius 2 is 1.61 bits per heavy atom. The van der Waals surface area contributed by atoms with Gasteiger partial charge < -0.3 is 4.90 Å². The number of halogens is 2. The Morgan fingerprint density at radius 3 is 2.37 bits per heavy atom. The molecule has 1 fully saturated rings. The van der Waals surface area contributed by atoms with Gasteiger partial charge in [-0.1, -0.05) is 102 Å². The Balaban J connectivity index is 1.55. The number of Topliss-reactive ketones (excluding diaryl/α,β-unsaturated/α-hetero) is 1. The molecule has 4 aromatic rings. The number of nitrogens with zero attached hydrogens (tertiary/aromatic N) is 2. The van der Waals surface area contributed by atoms with Gasteiger partial charge in [-0.25, -0.2) is 0 Å². The van der Waals surface area contributed by atoms with Crippen LogP contribution in [0.15, 0.2) is 103 Å². The predicted octanol–water partition coefficient (Wildman–Crippen LogP) is 6.96. The normalized spacial score (nSPS) is 22.7. The van der Waals surface area contributed by atoms with Gasteiger partial charge in [0.15, 0.2) is 5.78 Å². The minimum atomic E-state index is -1.17. The fraction of sp³-hybridized carbons (Fsp3) is 0.188. The van der Waals surface area contributed by atoms with E-state index >= 15 is 0 Å². The van der Waals surface area contributed by atoms with Crippen LogP contribution >= 0.6 is 23.2 Å². The first kappa shape index (κ1) is 24.9. The maximum Gasteiger partial charge on any atom is 0.253 e. The molecule has 38 heavy (non-hydrogen) atoms. The van der Waals surface area contributed by atoms with Crippen molar-refractivity contribution in [3.8, 4) is 0 Å². The van der Waals surface area contributed by atoms with Crippen LogP contribution < -0.4 is 4.90 Å². The first-order valence-electron chi connectivity index (χ1n) is 12.6. The lowest BCUT2D eigenvalue weighted by Gasteiger charge is -2.36. The number of likely N-dealkylation sites (tertiary alicyclic amines) is 1. The van der Waals surface area contributed by atoms with Crippen LogP contribution in [0.25, 0.3) is 0 Å². The Kier molecular flexibility index (Phi) is 6.35. The Labute approximate surface area is 232 Å². The van der Waals surface area contributed by atoms with Crippen molar-refractivity contribution in [3.63, 3.8) is 0 Å². The minimum absolute atomic E-state index is 0.0531. The number of carbonyl (C=O) groups is 2. The van der Waals surface area contributed by atoms with Gasteiger partial charge in [-0.3, -0.25) is 14.5 Å². The van der Waals surface area contributed by atoms with Gasteiger partial charge in [-0.2, -0.15) is 0 Å². The van der Waals surface area contributed by atoms with Gasteiger partial charge in [0, 0.05) is 39.3 Å². The van der Waals surface area contributed by atoms with Crippen molar-refractivity contribution in [2.24, 2.45) is 5.92 Å². The summed E-state index contributed by atoms with van der Waals surface area (Å²) in [6, 6.07) is 32.3.